The second-order valence-electron chi connectivity index (χ2n) is 6.34. The van der Waals surface area contributed by atoms with Crippen molar-refractivity contribution < 1.29 is 9.26 Å². The molecule has 0 N–H and O–H groups in total. The van der Waals surface area contributed by atoms with Crippen LogP contribution in [0.5, 0.6) is 0 Å². The molecular weight excluding hydrogens is 314 g/mol. The van der Waals surface area contributed by atoms with Crippen LogP contribution >= 0.6 is 0 Å². The van der Waals surface area contributed by atoms with Crippen LogP contribution in [-0.4, -0.2) is 22.2 Å². The minimum atomic E-state index is 0.300. The minimum Gasteiger partial charge on any atom is -0.377 e. The van der Waals surface area contributed by atoms with Crippen LogP contribution in [0.15, 0.2) is 59.1 Å². The molecule has 1 aliphatic heterocycles. The van der Waals surface area contributed by atoms with Crippen LogP contribution in [0.25, 0.3) is 0 Å². The molecule has 1 atom stereocenters. The molecule has 0 radical (unpaired) electrons. The van der Waals surface area contributed by atoms with Gasteiger partial charge in [-0.15, -0.1) is 0 Å². The Hall–Kier alpha value is -2.50. The second-order valence-corrected chi connectivity index (χ2v) is 6.34. The SMILES string of the molecule is COCc1noc(CN2Cc3ccccc3C[C@H]2c2ccccc2)n1. The van der Waals surface area contributed by atoms with E-state index in [1.807, 2.05) is 0 Å². The number of aromatic nitrogens is 2. The van der Waals surface area contributed by atoms with E-state index in [4.69, 9.17) is 9.26 Å². The molecule has 128 valence electrons. The van der Waals surface area contributed by atoms with E-state index in [2.05, 4.69) is 69.6 Å². The van der Waals surface area contributed by atoms with Gasteiger partial charge < -0.3 is 9.26 Å². The Bertz CT molecular complexity index is 832. The molecule has 0 spiro atoms. The first kappa shape index (κ1) is 16.0. The van der Waals surface area contributed by atoms with Gasteiger partial charge in [-0.1, -0.05) is 59.8 Å². The van der Waals surface area contributed by atoms with E-state index in [1.165, 1.54) is 16.7 Å². The summed E-state index contributed by atoms with van der Waals surface area (Å²) in [5, 5.41) is 3.98. The maximum atomic E-state index is 5.41. The molecule has 0 fully saturated rings. The highest BCUT2D eigenvalue weighted by atomic mass is 16.5. The van der Waals surface area contributed by atoms with Gasteiger partial charge in [0.15, 0.2) is 5.82 Å². The smallest absolute Gasteiger partial charge is 0.240 e. The number of nitrogens with zero attached hydrogens (tertiary/aromatic N) is 3. The lowest BCUT2D eigenvalue weighted by atomic mass is 9.90. The molecule has 1 aliphatic rings. The van der Waals surface area contributed by atoms with E-state index in [1.54, 1.807) is 7.11 Å². The number of ether oxygens (including phenoxy) is 1. The fraction of sp³-hybridized carbons (Fsp3) is 0.300. The number of rotatable bonds is 5. The monoisotopic (exact) mass is 335 g/mol. The molecular formula is C20H21N3O2. The highest BCUT2D eigenvalue weighted by molar-refractivity contribution is 5.33. The molecule has 0 amide bonds. The van der Waals surface area contributed by atoms with Crippen molar-refractivity contribution in [3.8, 4) is 0 Å². The van der Waals surface area contributed by atoms with E-state index in [-0.39, 0.29) is 0 Å². The van der Waals surface area contributed by atoms with Crippen molar-refractivity contribution in [2.45, 2.75) is 32.2 Å². The average molecular weight is 335 g/mol. The lowest BCUT2D eigenvalue weighted by Crippen LogP contribution is -2.33. The number of benzene rings is 2. The number of methoxy groups -OCH3 is 1. The fourth-order valence-corrected chi connectivity index (χ4v) is 3.46. The van der Waals surface area contributed by atoms with Gasteiger partial charge in [-0.05, 0) is 23.1 Å². The average Bonchev–Trinajstić information content (AvgIpc) is 3.09. The normalized spacial score (nSPS) is 17.4. The van der Waals surface area contributed by atoms with Crippen LogP contribution in [0.4, 0.5) is 0 Å². The topological polar surface area (TPSA) is 51.4 Å². The first-order valence-corrected chi connectivity index (χ1v) is 8.49. The zero-order valence-corrected chi connectivity index (χ0v) is 14.3. The molecule has 0 unspecified atom stereocenters. The van der Waals surface area contributed by atoms with Crippen LogP contribution in [-0.2, 0) is 30.9 Å². The van der Waals surface area contributed by atoms with Gasteiger partial charge in [0.2, 0.25) is 5.89 Å². The summed E-state index contributed by atoms with van der Waals surface area (Å²) in [6.07, 6.45) is 0.985. The van der Waals surface area contributed by atoms with E-state index in [0.717, 1.165) is 13.0 Å². The van der Waals surface area contributed by atoms with Gasteiger partial charge >= 0.3 is 0 Å². The minimum absolute atomic E-state index is 0.300. The Morgan fingerprint density at radius 1 is 1.08 bits per heavy atom. The zero-order chi connectivity index (χ0) is 17.1. The predicted molar refractivity (Wildman–Crippen MR) is 93.6 cm³/mol. The molecule has 1 aromatic heterocycles. The summed E-state index contributed by atoms with van der Waals surface area (Å²) in [7, 11) is 1.63. The third-order valence-corrected chi connectivity index (χ3v) is 4.65. The van der Waals surface area contributed by atoms with Gasteiger partial charge in [0, 0.05) is 19.7 Å². The molecule has 4 rings (SSSR count). The van der Waals surface area contributed by atoms with Crippen molar-refractivity contribution in [2.24, 2.45) is 0 Å². The summed E-state index contributed by atoms with van der Waals surface area (Å²) in [6.45, 7) is 1.87. The van der Waals surface area contributed by atoms with Crippen molar-refractivity contribution in [3.05, 3.63) is 83.0 Å². The summed E-state index contributed by atoms with van der Waals surface area (Å²) in [4.78, 5) is 6.84. The molecule has 0 saturated carbocycles. The summed E-state index contributed by atoms with van der Waals surface area (Å²) >= 11 is 0. The van der Waals surface area contributed by atoms with E-state index < -0.39 is 0 Å². The quantitative estimate of drug-likeness (QED) is 0.714. The third-order valence-electron chi connectivity index (χ3n) is 4.65. The molecule has 3 aromatic rings. The van der Waals surface area contributed by atoms with Crippen molar-refractivity contribution in [3.63, 3.8) is 0 Å². The van der Waals surface area contributed by atoms with Crippen molar-refractivity contribution >= 4 is 0 Å². The first-order valence-electron chi connectivity index (χ1n) is 8.49. The van der Waals surface area contributed by atoms with E-state index >= 15 is 0 Å². The Kier molecular flexibility index (Phi) is 4.59. The van der Waals surface area contributed by atoms with Crippen LogP contribution in [0, 0.1) is 0 Å². The first-order chi connectivity index (χ1) is 12.3. The number of fused-ring (bicyclic) bond motifs is 1. The summed E-state index contributed by atoms with van der Waals surface area (Å²) in [5.74, 6) is 1.22. The fourth-order valence-electron chi connectivity index (χ4n) is 3.46. The van der Waals surface area contributed by atoms with Crippen LogP contribution < -0.4 is 0 Å². The largest absolute Gasteiger partial charge is 0.377 e. The molecule has 0 aliphatic carbocycles. The molecule has 0 bridgehead atoms. The molecule has 2 aromatic carbocycles. The summed E-state index contributed by atoms with van der Waals surface area (Å²) in [5.41, 5.74) is 4.10. The highest BCUT2D eigenvalue weighted by Gasteiger charge is 2.28. The second kappa shape index (κ2) is 7.17. The molecule has 5 heteroatoms. The standard InChI is InChI=1S/C20H21N3O2/c1-24-14-19-21-20(25-22-19)13-23-12-17-10-6-5-9-16(17)11-18(23)15-7-3-2-4-8-15/h2-10,18H,11-14H2,1H3/t18-/m0/s1. The Morgan fingerprint density at radius 3 is 2.64 bits per heavy atom. The maximum Gasteiger partial charge on any atom is 0.240 e. The highest BCUT2D eigenvalue weighted by Crippen LogP contribution is 2.34. The lowest BCUT2D eigenvalue weighted by Gasteiger charge is -2.36. The maximum absolute atomic E-state index is 5.41. The molecule has 5 nitrogen and oxygen atoms in total. The molecule has 0 saturated heterocycles. The Balaban J connectivity index is 1.62. The van der Waals surface area contributed by atoms with Gasteiger partial charge in [0.05, 0.1) is 6.54 Å². The van der Waals surface area contributed by atoms with Crippen LogP contribution in [0.3, 0.4) is 0 Å². The van der Waals surface area contributed by atoms with Crippen LogP contribution in [0.1, 0.15) is 34.4 Å². The summed E-state index contributed by atoms with van der Waals surface area (Å²) < 4.78 is 10.5. The number of hydrogen-bond acceptors (Lipinski definition) is 5. The predicted octanol–water partition coefficient (Wildman–Crippen LogP) is 3.52. The van der Waals surface area contributed by atoms with Crippen molar-refractivity contribution in [1.82, 2.24) is 15.0 Å². The van der Waals surface area contributed by atoms with Gasteiger partial charge in [-0.25, -0.2) is 0 Å². The van der Waals surface area contributed by atoms with E-state index in [0.29, 0.717) is 30.9 Å². The van der Waals surface area contributed by atoms with Crippen LogP contribution in [0.2, 0.25) is 0 Å². The van der Waals surface area contributed by atoms with Crippen molar-refractivity contribution in [1.29, 1.82) is 0 Å². The van der Waals surface area contributed by atoms with E-state index in [9.17, 15) is 0 Å². The Labute approximate surface area is 147 Å². The third kappa shape index (κ3) is 3.48. The van der Waals surface area contributed by atoms with Gasteiger partial charge in [0.1, 0.15) is 6.61 Å². The van der Waals surface area contributed by atoms with Gasteiger partial charge in [0.25, 0.3) is 0 Å². The lowest BCUT2D eigenvalue weighted by molar-refractivity contribution is 0.142. The Morgan fingerprint density at radius 2 is 1.84 bits per heavy atom. The van der Waals surface area contributed by atoms with Gasteiger partial charge in [-0.2, -0.15) is 4.98 Å². The summed E-state index contributed by atoms with van der Waals surface area (Å²) in [6, 6.07) is 19.6. The zero-order valence-electron chi connectivity index (χ0n) is 14.3. The van der Waals surface area contributed by atoms with Crippen molar-refractivity contribution in [2.75, 3.05) is 7.11 Å². The molecule has 25 heavy (non-hydrogen) atoms. The van der Waals surface area contributed by atoms with Gasteiger partial charge in [-0.3, -0.25) is 4.90 Å². The number of hydrogen-bond donors (Lipinski definition) is 0. The molecule has 2 heterocycles.